The number of fused-ring (bicyclic) bond motifs is 1. The number of hydrogen-bond donors (Lipinski definition) is 3. The van der Waals surface area contributed by atoms with Crippen LogP contribution in [0.2, 0.25) is 0 Å². The lowest BCUT2D eigenvalue weighted by atomic mass is 9.72. The van der Waals surface area contributed by atoms with Gasteiger partial charge in [-0.2, -0.15) is 0 Å². The van der Waals surface area contributed by atoms with Crippen molar-refractivity contribution in [2.75, 3.05) is 18.0 Å². The van der Waals surface area contributed by atoms with E-state index in [4.69, 9.17) is 5.73 Å². The summed E-state index contributed by atoms with van der Waals surface area (Å²) in [5.41, 5.74) is 6.82. The average molecular weight is 343 g/mol. The maximum atomic E-state index is 12.3. The molecule has 0 aromatic carbocycles. The molecule has 9 nitrogen and oxygen atoms in total. The normalized spacial score (nSPS) is 24.1. The highest BCUT2D eigenvalue weighted by Crippen LogP contribution is 2.34. The number of anilines is 1. The van der Waals surface area contributed by atoms with E-state index in [0.717, 1.165) is 50.1 Å². The number of hydrogen-bond acceptors (Lipinski definition) is 6. The SMILES string of the molecule is NC(=O)C1CCC1C(=O)NC1CCN(c2ncnc3nc[nH]c23)CC1. The molecule has 2 unspecified atom stereocenters. The zero-order valence-corrected chi connectivity index (χ0v) is 13.8. The van der Waals surface area contributed by atoms with Gasteiger partial charge in [-0.15, -0.1) is 0 Å². The van der Waals surface area contributed by atoms with Gasteiger partial charge in [0.15, 0.2) is 11.5 Å². The first-order chi connectivity index (χ1) is 12.1. The minimum atomic E-state index is -0.367. The Bertz CT molecular complexity index is 797. The molecule has 4 rings (SSSR count). The number of carbonyl (C=O) groups excluding carboxylic acids is 2. The number of carbonyl (C=O) groups is 2. The van der Waals surface area contributed by atoms with Gasteiger partial charge in [0, 0.05) is 31.0 Å². The Balaban J connectivity index is 1.35. The van der Waals surface area contributed by atoms with E-state index >= 15 is 0 Å². The Hall–Kier alpha value is -2.71. The van der Waals surface area contributed by atoms with Gasteiger partial charge < -0.3 is 20.9 Å². The molecule has 2 amide bonds. The maximum absolute atomic E-state index is 12.3. The Morgan fingerprint density at radius 3 is 2.56 bits per heavy atom. The molecule has 2 aliphatic rings. The number of primary amides is 1. The second-order valence-corrected chi connectivity index (χ2v) is 6.76. The number of H-pyrrole nitrogens is 1. The molecule has 2 fully saturated rings. The van der Waals surface area contributed by atoms with Crippen molar-refractivity contribution in [3.05, 3.63) is 12.7 Å². The molecule has 2 atom stereocenters. The van der Waals surface area contributed by atoms with Crippen molar-refractivity contribution >= 4 is 28.8 Å². The summed E-state index contributed by atoms with van der Waals surface area (Å²) in [4.78, 5) is 41.5. The van der Waals surface area contributed by atoms with Crippen LogP contribution in [0, 0.1) is 11.8 Å². The second-order valence-electron chi connectivity index (χ2n) is 6.76. The van der Waals surface area contributed by atoms with Crippen LogP contribution in [0.15, 0.2) is 12.7 Å². The smallest absolute Gasteiger partial charge is 0.224 e. The summed E-state index contributed by atoms with van der Waals surface area (Å²) in [5.74, 6) is -0.100. The maximum Gasteiger partial charge on any atom is 0.224 e. The first-order valence-corrected chi connectivity index (χ1v) is 8.62. The van der Waals surface area contributed by atoms with E-state index in [2.05, 4.69) is 30.2 Å². The molecule has 1 saturated heterocycles. The number of nitrogens with one attached hydrogen (secondary N) is 2. The van der Waals surface area contributed by atoms with Crippen LogP contribution in [-0.4, -0.2) is 50.9 Å². The van der Waals surface area contributed by atoms with Gasteiger partial charge in [0.1, 0.15) is 11.8 Å². The van der Waals surface area contributed by atoms with Gasteiger partial charge in [0.05, 0.1) is 6.33 Å². The van der Waals surface area contributed by atoms with Crippen molar-refractivity contribution in [3.8, 4) is 0 Å². The zero-order valence-electron chi connectivity index (χ0n) is 13.8. The monoisotopic (exact) mass is 343 g/mol. The van der Waals surface area contributed by atoms with E-state index in [9.17, 15) is 9.59 Å². The van der Waals surface area contributed by atoms with Gasteiger partial charge in [-0.1, -0.05) is 0 Å². The van der Waals surface area contributed by atoms with Gasteiger partial charge in [-0.3, -0.25) is 9.59 Å². The van der Waals surface area contributed by atoms with Crippen LogP contribution in [0.4, 0.5) is 5.82 Å². The summed E-state index contributed by atoms with van der Waals surface area (Å²) in [7, 11) is 0. The number of imidazole rings is 1. The summed E-state index contributed by atoms with van der Waals surface area (Å²) >= 11 is 0. The Kier molecular flexibility index (Phi) is 3.98. The number of nitrogens with two attached hydrogens (primary N) is 1. The first-order valence-electron chi connectivity index (χ1n) is 8.62. The molecule has 1 aliphatic heterocycles. The Morgan fingerprint density at radius 2 is 1.88 bits per heavy atom. The van der Waals surface area contributed by atoms with Gasteiger partial charge in [0.25, 0.3) is 0 Å². The lowest BCUT2D eigenvalue weighted by Gasteiger charge is -2.37. The fourth-order valence-electron chi connectivity index (χ4n) is 3.69. The molecule has 3 heterocycles. The summed E-state index contributed by atoms with van der Waals surface area (Å²) in [6.07, 6.45) is 6.27. The Morgan fingerprint density at radius 1 is 1.12 bits per heavy atom. The van der Waals surface area contributed by atoms with Crippen LogP contribution in [0.25, 0.3) is 11.2 Å². The molecule has 132 valence electrons. The number of aromatic amines is 1. The topological polar surface area (TPSA) is 130 Å². The minimum absolute atomic E-state index is 0.0357. The van der Waals surface area contributed by atoms with E-state index in [1.54, 1.807) is 6.33 Å². The fourth-order valence-corrected chi connectivity index (χ4v) is 3.69. The third kappa shape index (κ3) is 2.90. The van der Waals surface area contributed by atoms with Crippen molar-refractivity contribution in [1.82, 2.24) is 25.3 Å². The minimum Gasteiger partial charge on any atom is -0.369 e. The fraction of sp³-hybridized carbons (Fsp3) is 0.562. The lowest BCUT2D eigenvalue weighted by molar-refractivity contribution is -0.139. The number of piperidine rings is 1. The molecule has 0 spiro atoms. The Labute approximate surface area is 144 Å². The molecular weight excluding hydrogens is 322 g/mol. The molecule has 4 N–H and O–H groups in total. The van der Waals surface area contributed by atoms with Crippen LogP contribution >= 0.6 is 0 Å². The molecule has 1 aliphatic carbocycles. The van der Waals surface area contributed by atoms with Gasteiger partial charge >= 0.3 is 0 Å². The van der Waals surface area contributed by atoms with E-state index < -0.39 is 0 Å². The third-order valence-corrected chi connectivity index (χ3v) is 5.32. The molecule has 25 heavy (non-hydrogen) atoms. The zero-order chi connectivity index (χ0) is 17.4. The van der Waals surface area contributed by atoms with E-state index in [1.807, 2.05) is 0 Å². The number of amides is 2. The molecular formula is C16H21N7O2. The summed E-state index contributed by atoms with van der Waals surface area (Å²) < 4.78 is 0. The van der Waals surface area contributed by atoms with Crippen LogP contribution < -0.4 is 16.0 Å². The average Bonchev–Trinajstić information content (AvgIpc) is 3.02. The standard InChI is InChI=1S/C16H21N7O2/c17-13(24)10-1-2-11(10)16(25)22-9-3-5-23(6-4-9)15-12-14(19-7-18-12)20-8-21-15/h7-11H,1-6H2,(H2,17,24)(H,22,25)(H,18,19,20,21). The number of nitrogens with zero attached hydrogens (tertiary/aromatic N) is 4. The van der Waals surface area contributed by atoms with Crippen molar-refractivity contribution in [1.29, 1.82) is 0 Å². The molecule has 0 radical (unpaired) electrons. The van der Waals surface area contributed by atoms with Gasteiger partial charge in [-0.25, -0.2) is 15.0 Å². The molecule has 2 aromatic heterocycles. The predicted octanol–water partition coefficient (Wildman–Crippen LogP) is -0.0506. The third-order valence-electron chi connectivity index (χ3n) is 5.32. The van der Waals surface area contributed by atoms with Crippen LogP contribution in [0.1, 0.15) is 25.7 Å². The van der Waals surface area contributed by atoms with Crippen LogP contribution in [-0.2, 0) is 9.59 Å². The second kappa shape index (κ2) is 6.30. The van der Waals surface area contributed by atoms with Crippen LogP contribution in [0.5, 0.6) is 0 Å². The molecule has 1 saturated carbocycles. The number of aromatic nitrogens is 4. The predicted molar refractivity (Wildman–Crippen MR) is 90.5 cm³/mol. The van der Waals surface area contributed by atoms with Crippen LogP contribution in [0.3, 0.4) is 0 Å². The van der Waals surface area contributed by atoms with Crippen molar-refractivity contribution in [2.24, 2.45) is 17.6 Å². The van der Waals surface area contributed by atoms with E-state index in [0.29, 0.717) is 5.65 Å². The summed E-state index contributed by atoms with van der Waals surface area (Å²) in [5, 5.41) is 3.08. The highest BCUT2D eigenvalue weighted by Gasteiger charge is 2.40. The largest absolute Gasteiger partial charge is 0.369 e. The number of rotatable bonds is 4. The van der Waals surface area contributed by atoms with E-state index in [-0.39, 0.29) is 29.7 Å². The lowest BCUT2D eigenvalue weighted by Crippen LogP contribution is -2.51. The summed E-state index contributed by atoms with van der Waals surface area (Å²) in [6, 6.07) is 0.122. The molecule has 2 aromatic rings. The quantitative estimate of drug-likeness (QED) is 0.713. The molecule has 9 heteroatoms. The van der Waals surface area contributed by atoms with E-state index in [1.165, 1.54) is 6.33 Å². The highest BCUT2D eigenvalue weighted by atomic mass is 16.2. The van der Waals surface area contributed by atoms with Gasteiger partial charge in [-0.05, 0) is 25.7 Å². The van der Waals surface area contributed by atoms with Gasteiger partial charge in [0.2, 0.25) is 11.8 Å². The van der Waals surface area contributed by atoms with Crippen molar-refractivity contribution < 1.29 is 9.59 Å². The van der Waals surface area contributed by atoms with Crippen molar-refractivity contribution in [2.45, 2.75) is 31.7 Å². The summed E-state index contributed by atoms with van der Waals surface area (Å²) in [6.45, 7) is 1.58. The highest BCUT2D eigenvalue weighted by molar-refractivity contribution is 5.88. The van der Waals surface area contributed by atoms with Crippen molar-refractivity contribution in [3.63, 3.8) is 0 Å². The molecule has 0 bridgehead atoms. The first kappa shape index (κ1) is 15.8.